The third-order valence-electron chi connectivity index (χ3n) is 0.510. The Labute approximate surface area is 55.8 Å². The molecule has 0 radical (unpaired) electrons. The molecule has 0 aliphatic heterocycles. The summed E-state index contributed by atoms with van der Waals surface area (Å²) < 4.78 is 3.49. The van der Waals surface area contributed by atoms with E-state index >= 15 is 0 Å². The van der Waals surface area contributed by atoms with Crippen LogP contribution in [0.2, 0.25) is 0 Å². The predicted molar refractivity (Wildman–Crippen MR) is 35.7 cm³/mol. The minimum absolute atomic E-state index is 0.522. The van der Waals surface area contributed by atoms with Crippen LogP contribution in [-0.2, 0) is 4.43 Å². The van der Waals surface area contributed by atoms with Crippen LogP contribution in [0.4, 0.5) is 0 Å². The van der Waals surface area contributed by atoms with Gasteiger partial charge in [-0.25, -0.2) is 0 Å². The van der Waals surface area contributed by atoms with Crippen molar-refractivity contribution in [2.45, 2.75) is 4.52 Å². The quantitative estimate of drug-likeness (QED) is 0.324. The molecule has 4 heteroatoms. The average Bonchev–Trinajstić information content (AvgIpc) is 1.68. The number of halogens is 2. The molecule has 0 heterocycles. The van der Waals surface area contributed by atoms with Crippen LogP contribution in [0, 0.1) is 0 Å². The smallest absolute Gasteiger partial charge is 0.227 e. The van der Waals surface area contributed by atoms with E-state index in [0.717, 1.165) is 0 Å². The highest BCUT2D eigenvalue weighted by Crippen LogP contribution is 2.21. The summed E-state index contributed by atoms with van der Waals surface area (Å²) in [6, 6.07) is 0. The predicted octanol–water partition coefficient (Wildman–Crippen LogP) is 0.601. The van der Waals surface area contributed by atoms with E-state index in [0.29, 0.717) is 10.5 Å². The van der Waals surface area contributed by atoms with Gasteiger partial charge in [-0.05, 0) is 6.08 Å². The van der Waals surface area contributed by atoms with E-state index in [4.69, 9.17) is 23.2 Å². The first kappa shape index (κ1) is 7.50. The van der Waals surface area contributed by atoms with Crippen molar-refractivity contribution in [2.75, 3.05) is 0 Å². The second-order valence-electron chi connectivity index (χ2n) is 0.970. The Morgan fingerprint density at radius 2 is 2.14 bits per heavy atom. The number of hydrogen-bond acceptors (Lipinski definition) is 1. The molecule has 0 saturated heterocycles. The van der Waals surface area contributed by atoms with Gasteiger partial charge in [-0.3, -0.25) is 0 Å². The maximum Gasteiger partial charge on any atom is 0.227 e. The lowest BCUT2D eigenvalue weighted by molar-refractivity contribution is 0.320. The van der Waals surface area contributed by atoms with Crippen LogP contribution >= 0.6 is 23.2 Å². The van der Waals surface area contributed by atoms with E-state index in [1.54, 1.807) is 0 Å². The highest BCUT2D eigenvalue weighted by Gasteiger charge is 2.14. The van der Waals surface area contributed by atoms with E-state index in [9.17, 15) is 0 Å². The molecule has 0 bridgehead atoms. The zero-order chi connectivity index (χ0) is 5.91. The molecule has 0 aromatic rings. The zero-order valence-corrected chi connectivity index (χ0v) is 7.46. The molecule has 0 amide bonds. The fourth-order valence-electron chi connectivity index (χ4n) is 0.0833. The first-order chi connectivity index (χ1) is 3.12. The van der Waals surface area contributed by atoms with E-state index in [-0.39, 0.29) is 0 Å². The average molecular weight is 157 g/mol. The van der Waals surface area contributed by atoms with Crippen LogP contribution < -0.4 is 0 Å². The summed E-state index contributed by atoms with van der Waals surface area (Å²) >= 11 is 10.7. The molecule has 0 N–H and O–H groups in total. The molecular formula is C3H6Cl2OSi. The van der Waals surface area contributed by atoms with Crippen molar-refractivity contribution < 1.29 is 4.43 Å². The van der Waals surface area contributed by atoms with Crippen LogP contribution in [0.1, 0.15) is 0 Å². The van der Waals surface area contributed by atoms with Gasteiger partial charge >= 0.3 is 0 Å². The molecule has 0 unspecified atom stereocenters. The molecule has 0 aromatic carbocycles. The van der Waals surface area contributed by atoms with Gasteiger partial charge in [0.25, 0.3) is 0 Å². The van der Waals surface area contributed by atoms with Crippen molar-refractivity contribution in [3.8, 4) is 0 Å². The van der Waals surface area contributed by atoms with Gasteiger partial charge in [-0.1, -0.05) is 29.8 Å². The van der Waals surface area contributed by atoms with Crippen molar-refractivity contribution >= 4 is 33.7 Å². The van der Waals surface area contributed by atoms with Crippen molar-refractivity contribution in [1.29, 1.82) is 0 Å². The van der Waals surface area contributed by atoms with Crippen molar-refractivity contribution in [2.24, 2.45) is 0 Å². The van der Waals surface area contributed by atoms with E-state index in [1.807, 2.05) is 0 Å². The Hall–Kier alpha value is 0.497. The second kappa shape index (κ2) is 2.72. The molecule has 7 heavy (non-hydrogen) atoms. The summed E-state index contributed by atoms with van der Waals surface area (Å²) in [4.78, 5) is 0. The Morgan fingerprint density at radius 1 is 1.71 bits per heavy atom. The minimum Gasteiger partial charge on any atom is -0.396 e. The summed E-state index contributed by atoms with van der Waals surface area (Å²) in [5.74, 6) is 0. The summed E-state index contributed by atoms with van der Waals surface area (Å²) in [6.45, 7) is 3.34. The Balaban J connectivity index is 3.58. The molecular weight excluding hydrogens is 151 g/mol. The molecule has 0 fully saturated rings. The maximum atomic E-state index is 5.36. The lowest BCUT2D eigenvalue weighted by Crippen LogP contribution is -2.10. The normalized spacial score (nSPS) is 11.7. The Bertz CT molecular complexity index is 73.3. The summed E-state index contributed by atoms with van der Waals surface area (Å²) in [7, 11) is 0.522. The number of alkyl halides is 2. The van der Waals surface area contributed by atoms with Crippen LogP contribution in [0.3, 0.4) is 0 Å². The fourth-order valence-corrected chi connectivity index (χ4v) is 0.250. The van der Waals surface area contributed by atoms with Gasteiger partial charge in [0.2, 0.25) is 4.52 Å². The van der Waals surface area contributed by atoms with Crippen LogP contribution in [-0.4, -0.2) is 15.0 Å². The van der Waals surface area contributed by atoms with E-state index < -0.39 is 4.52 Å². The molecule has 0 atom stereocenters. The first-order valence-electron chi connectivity index (χ1n) is 1.69. The molecule has 0 saturated carbocycles. The van der Waals surface area contributed by atoms with Crippen molar-refractivity contribution in [3.05, 3.63) is 12.7 Å². The van der Waals surface area contributed by atoms with E-state index in [2.05, 4.69) is 11.0 Å². The SMILES string of the molecule is C=CC(Cl)(Cl)O[SiH3]. The van der Waals surface area contributed by atoms with Gasteiger partial charge in [-0.2, -0.15) is 0 Å². The molecule has 42 valence electrons. The van der Waals surface area contributed by atoms with E-state index in [1.165, 1.54) is 6.08 Å². The van der Waals surface area contributed by atoms with Gasteiger partial charge in [-0.15, -0.1) is 0 Å². The summed E-state index contributed by atoms with van der Waals surface area (Å²) in [6.07, 6.45) is 1.34. The summed E-state index contributed by atoms with van der Waals surface area (Å²) in [5.41, 5.74) is 0. The Morgan fingerprint density at radius 3 is 2.14 bits per heavy atom. The molecule has 0 spiro atoms. The first-order valence-corrected chi connectivity index (χ1v) is 3.26. The highest BCUT2D eigenvalue weighted by atomic mass is 35.5. The van der Waals surface area contributed by atoms with Gasteiger partial charge < -0.3 is 4.43 Å². The number of rotatable bonds is 2. The van der Waals surface area contributed by atoms with Gasteiger partial charge in [0.05, 0.1) is 0 Å². The molecule has 0 aromatic heterocycles. The topological polar surface area (TPSA) is 9.23 Å². The lowest BCUT2D eigenvalue weighted by Gasteiger charge is -2.10. The van der Waals surface area contributed by atoms with Gasteiger partial charge in [0.15, 0.2) is 0 Å². The molecule has 0 rings (SSSR count). The molecule has 1 nitrogen and oxygen atoms in total. The van der Waals surface area contributed by atoms with Gasteiger partial charge in [0.1, 0.15) is 10.5 Å². The highest BCUT2D eigenvalue weighted by molar-refractivity contribution is 6.49. The van der Waals surface area contributed by atoms with Crippen molar-refractivity contribution in [1.82, 2.24) is 0 Å². The Kier molecular flexibility index (Phi) is 2.91. The number of hydrogen-bond donors (Lipinski definition) is 0. The largest absolute Gasteiger partial charge is 0.396 e. The third kappa shape index (κ3) is 3.11. The van der Waals surface area contributed by atoms with Crippen LogP contribution in [0.15, 0.2) is 12.7 Å². The van der Waals surface area contributed by atoms with Gasteiger partial charge in [0, 0.05) is 0 Å². The zero-order valence-electron chi connectivity index (χ0n) is 3.95. The standard InChI is InChI=1S/C3H6Cl2OSi/c1-2-3(4,5)6-7/h2H,1H2,7H3. The second-order valence-corrected chi connectivity index (χ2v) is 2.69. The summed E-state index contributed by atoms with van der Waals surface area (Å²) in [5, 5.41) is 0. The lowest BCUT2D eigenvalue weighted by atomic mass is 10.7. The van der Waals surface area contributed by atoms with Crippen LogP contribution in [0.25, 0.3) is 0 Å². The van der Waals surface area contributed by atoms with Crippen LogP contribution in [0.5, 0.6) is 0 Å². The minimum atomic E-state index is -1.15. The monoisotopic (exact) mass is 156 g/mol. The van der Waals surface area contributed by atoms with Crippen molar-refractivity contribution in [3.63, 3.8) is 0 Å². The maximum absolute atomic E-state index is 5.36. The molecule has 0 aliphatic carbocycles. The fraction of sp³-hybridized carbons (Fsp3) is 0.333. The molecule has 0 aliphatic rings. The third-order valence-corrected chi connectivity index (χ3v) is 2.29.